The van der Waals surface area contributed by atoms with Gasteiger partial charge >= 0.3 is 5.97 Å². The van der Waals surface area contributed by atoms with Gasteiger partial charge in [0.2, 0.25) is 0 Å². The van der Waals surface area contributed by atoms with E-state index in [1.807, 2.05) is 0 Å². The summed E-state index contributed by atoms with van der Waals surface area (Å²) >= 11 is 3.40. The highest BCUT2D eigenvalue weighted by molar-refractivity contribution is 9.10. The fraction of sp³-hybridized carbons (Fsp3) is 0.417. The molecule has 0 aliphatic carbocycles. The molecule has 1 aliphatic rings. The summed E-state index contributed by atoms with van der Waals surface area (Å²) in [6.45, 7) is 2.74. The first-order valence-corrected chi connectivity index (χ1v) is 6.29. The van der Waals surface area contributed by atoms with Gasteiger partial charge in [0.15, 0.2) is 17.6 Å². The van der Waals surface area contributed by atoms with Crippen molar-refractivity contribution in [2.24, 2.45) is 0 Å². The van der Waals surface area contributed by atoms with Crippen molar-refractivity contribution in [2.75, 3.05) is 13.2 Å². The van der Waals surface area contributed by atoms with Crippen LogP contribution >= 0.6 is 15.9 Å². The summed E-state index contributed by atoms with van der Waals surface area (Å²) in [7, 11) is 0. The fourth-order valence-electron chi connectivity index (χ4n) is 1.50. The van der Waals surface area contributed by atoms with Crippen LogP contribution in [0.5, 0.6) is 11.5 Å². The summed E-state index contributed by atoms with van der Waals surface area (Å²) < 4.78 is 16.9. The summed E-state index contributed by atoms with van der Waals surface area (Å²) in [6.07, 6.45) is -0.842. The topological polar surface area (TPSA) is 65.0 Å². The first-order chi connectivity index (χ1) is 8.58. The van der Waals surface area contributed by atoms with E-state index in [0.717, 1.165) is 10.0 Å². The quantitative estimate of drug-likeness (QED) is 0.922. The molecule has 0 saturated carbocycles. The maximum Gasteiger partial charge on any atom is 0.332 e. The minimum absolute atomic E-state index is 0.199. The largest absolute Gasteiger partial charge is 0.486 e. The highest BCUT2D eigenvalue weighted by Gasteiger charge is 2.17. The Bertz CT molecular complexity index is 460. The molecule has 0 aromatic heterocycles. The molecular formula is C12H13BrO5. The van der Waals surface area contributed by atoms with Crippen LogP contribution in [-0.2, 0) is 16.1 Å². The smallest absolute Gasteiger partial charge is 0.332 e. The number of fused-ring (bicyclic) bond motifs is 1. The molecule has 5 nitrogen and oxygen atoms in total. The van der Waals surface area contributed by atoms with Crippen LogP contribution in [0.25, 0.3) is 0 Å². The lowest BCUT2D eigenvalue weighted by atomic mass is 10.2. The van der Waals surface area contributed by atoms with Crippen molar-refractivity contribution in [3.8, 4) is 11.5 Å². The van der Waals surface area contributed by atoms with Crippen LogP contribution < -0.4 is 9.47 Å². The highest BCUT2D eigenvalue weighted by Crippen LogP contribution is 2.35. The Hall–Kier alpha value is -1.27. The molecule has 0 fully saturated rings. The summed E-state index contributed by atoms with van der Waals surface area (Å²) in [5.74, 6) is 0.359. The van der Waals surface area contributed by atoms with Gasteiger partial charge in [-0.05, 0) is 24.6 Å². The Morgan fingerprint density at radius 2 is 2.06 bits per heavy atom. The van der Waals surface area contributed by atoms with E-state index in [1.165, 1.54) is 6.92 Å². The number of aliphatic carboxylic acids is 1. The van der Waals surface area contributed by atoms with Crippen LogP contribution in [0.3, 0.4) is 0 Å². The van der Waals surface area contributed by atoms with Crippen molar-refractivity contribution in [3.63, 3.8) is 0 Å². The normalized spacial score (nSPS) is 15.2. The third-order valence-corrected chi connectivity index (χ3v) is 3.29. The van der Waals surface area contributed by atoms with Crippen LogP contribution in [0.2, 0.25) is 0 Å². The van der Waals surface area contributed by atoms with Gasteiger partial charge < -0.3 is 19.3 Å². The standard InChI is InChI=1S/C12H13BrO5/c1-7(12(14)15)18-6-8-4-10-11(5-9(8)13)17-3-2-16-10/h4-5,7H,2-3,6H2,1H3,(H,14,15)/t7-/m0/s1. The lowest BCUT2D eigenvalue weighted by molar-refractivity contribution is -0.149. The van der Waals surface area contributed by atoms with E-state index >= 15 is 0 Å². The molecule has 0 spiro atoms. The molecule has 1 aromatic rings. The number of ether oxygens (including phenoxy) is 3. The van der Waals surface area contributed by atoms with Crippen molar-refractivity contribution in [3.05, 3.63) is 22.2 Å². The van der Waals surface area contributed by atoms with E-state index in [1.54, 1.807) is 12.1 Å². The first-order valence-electron chi connectivity index (χ1n) is 5.50. The van der Waals surface area contributed by atoms with Crippen LogP contribution in [0, 0.1) is 0 Å². The monoisotopic (exact) mass is 316 g/mol. The van der Waals surface area contributed by atoms with Crippen LogP contribution in [0.4, 0.5) is 0 Å². The summed E-state index contributed by atoms with van der Waals surface area (Å²) in [4.78, 5) is 10.7. The molecule has 1 heterocycles. The molecule has 0 radical (unpaired) electrons. The molecule has 98 valence electrons. The third kappa shape index (κ3) is 2.94. The average Bonchev–Trinajstić information content (AvgIpc) is 2.35. The van der Waals surface area contributed by atoms with E-state index < -0.39 is 12.1 Å². The van der Waals surface area contributed by atoms with Gasteiger partial charge in [0, 0.05) is 4.47 Å². The summed E-state index contributed by atoms with van der Waals surface area (Å²) in [5.41, 5.74) is 0.826. The number of carboxylic acid groups (broad SMARTS) is 1. The van der Waals surface area contributed by atoms with Crippen LogP contribution in [-0.4, -0.2) is 30.4 Å². The van der Waals surface area contributed by atoms with Crippen LogP contribution in [0.15, 0.2) is 16.6 Å². The minimum atomic E-state index is -0.983. The molecule has 1 N–H and O–H groups in total. The summed E-state index contributed by atoms with van der Waals surface area (Å²) in [6, 6.07) is 3.60. The second-order valence-electron chi connectivity index (χ2n) is 3.88. The van der Waals surface area contributed by atoms with E-state index in [9.17, 15) is 4.79 Å². The maximum atomic E-state index is 10.7. The molecule has 1 aromatic carbocycles. The maximum absolute atomic E-state index is 10.7. The predicted octanol–water partition coefficient (Wildman–Crippen LogP) is 2.21. The number of benzene rings is 1. The summed E-state index contributed by atoms with van der Waals surface area (Å²) in [5, 5.41) is 8.74. The van der Waals surface area contributed by atoms with E-state index in [4.69, 9.17) is 19.3 Å². The second-order valence-corrected chi connectivity index (χ2v) is 4.73. The Balaban J connectivity index is 2.11. The van der Waals surface area contributed by atoms with E-state index in [2.05, 4.69) is 15.9 Å². The van der Waals surface area contributed by atoms with E-state index in [0.29, 0.717) is 24.7 Å². The van der Waals surface area contributed by atoms with Gasteiger partial charge in [-0.25, -0.2) is 4.79 Å². The van der Waals surface area contributed by atoms with Gasteiger partial charge in [0.05, 0.1) is 6.61 Å². The minimum Gasteiger partial charge on any atom is -0.486 e. The van der Waals surface area contributed by atoms with Crippen molar-refractivity contribution >= 4 is 21.9 Å². The zero-order valence-electron chi connectivity index (χ0n) is 9.81. The van der Waals surface area contributed by atoms with Gasteiger partial charge in [-0.2, -0.15) is 0 Å². The molecule has 6 heteroatoms. The van der Waals surface area contributed by atoms with Crippen molar-refractivity contribution in [1.29, 1.82) is 0 Å². The van der Waals surface area contributed by atoms with E-state index in [-0.39, 0.29) is 6.61 Å². The van der Waals surface area contributed by atoms with Crippen molar-refractivity contribution in [1.82, 2.24) is 0 Å². The molecule has 2 rings (SSSR count). The molecule has 18 heavy (non-hydrogen) atoms. The predicted molar refractivity (Wildman–Crippen MR) is 67.0 cm³/mol. The van der Waals surface area contributed by atoms with Gasteiger partial charge in [0.1, 0.15) is 13.2 Å². The zero-order valence-corrected chi connectivity index (χ0v) is 11.4. The van der Waals surface area contributed by atoms with Crippen molar-refractivity contribution in [2.45, 2.75) is 19.6 Å². The Kier molecular flexibility index (Phi) is 4.08. The number of rotatable bonds is 4. The van der Waals surface area contributed by atoms with Crippen LogP contribution in [0.1, 0.15) is 12.5 Å². The lowest BCUT2D eigenvalue weighted by Crippen LogP contribution is -2.20. The zero-order chi connectivity index (χ0) is 13.1. The third-order valence-electron chi connectivity index (χ3n) is 2.55. The number of hydrogen-bond acceptors (Lipinski definition) is 4. The van der Waals surface area contributed by atoms with Gasteiger partial charge in [-0.3, -0.25) is 0 Å². The number of carboxylic acids is 1. The fourth-order valence-corrected chi connectivity index (χ4v) is 1.94. The Morgan fingerprint density at radius 3 is 2.67 bits per heavy atom. The number of hydrogen-bond donors (Lipinski definition) is 1. The lowest BCUT2D eigenvalue weighted by Gasteiger charge is -2.20. The molecule has 1 atom stereocenters. The first kappa shape index (κ1) is 13.2. The SMILES string of the molecule is C[C@H](OCc1cc2c(cc1Br)OCCO2)C(=O)O. The highest BCUT2D eigenvalue weighted by atomic mass is 79.9. The number of halogens is 1. The molecule has 0 bridgehead atoms. The molecule has 1 aliphatic heterocycles. The molecule has 0 unspecified atom stereocenters. The average molecular weight is 317 g/mol. The van der Waals surface area contributed by atoms with Crippen molar-refractivity contribution < 1.29 is 24.1 Å². The molecule has 0 amide bonds. The Morgan fingerprint density at radius 1 is 1.44 bits per heavy atom. The van der Waals surface area contributed by atoms with Gasteiger partial charge in [0.25, 0.3) is 0 Å². The number of carbonyl (C=O) groups is 1. The van der Waals surface area contributed by atoms with Gasteiger partial charge in [-0.1, -0.05) is 15.9 Å². The Labute approximate surface area is 113 Å². The second kappa shape index (κ2) is 5.58. The molecule has 0 saturated heterocycles. The molecular weight excluding hydrogens is 304 g/mol. The van der Waals surface area contributed by atoms with Gasteiger partial charge in [-0.15, -0.1) is 0 Å².